The van der Waals surface area contributed by atoms with E-state index in [2.05, 4.69) is 0 Å². The molecule has 0 radical (unpaired) electrons. The number of para-hydroxylation sites is 1. The van der Waals surface area contributed by atoms with Gasteiger partial charge in [0, 0.05) is 47.2 Å². The van der Waals surface area contributed by atoms with Crippen LogP contribution in [0.4, 0.5) is 0 Å². The van der Waals surface area contributed by atoms with Crippen molar-refractivity contribution in [2.24, 2.45) is 0 Å². The molecule has 6 heteroatoms. The summed E-state index contributed by atoms with van der Waals surface area (Å²) in [5.74, 6) is -0.616. The number of fused-ring (bicyclic) bond motifs is 3. The smallest absolute Gasteiger partial charge is 0.323 e. The number of amides is 1. The van der Waals surface area contributed by atoms with Gasteiger partial charge in [0.25, 0.3) is 5.91 Å². The third-order valence-electron chi connectivity index (χ3n) is 4.80. The van der Waals surface area contributed by atoms with Crippen LogP contribution < -0.4 is 0 Å². The largest absolute Gasteiger partial charge is 0.480 e. The lowest BCUT2D eigenvalue weighted by Crippen LogP contribution is -2.36. The SMILES string of the molecule is Cc1ccoc1C(=O)N1CCc2c(c3ccccc3n2CC(=O)O)C1. The first kappa shape index (κ1) is 15.5. The first-order chi connectivity index (χ1) is 12.1. The Morgan fingerprint density at radius 3 is 2.76 bits per heavy atom. The predicted molar refractivity (Wildman–Crippen MR) is 91.5 cm³/mol. The predicted octanol–water partition coefficient (Wildman–Crippen LogP) is 2.83. The molecule has 1 aromatic carbocycles. The number of carboxylic acid groups (broad SMARTS) is 1. The van der Waals surface area contributed by atoms with Crippen molar-refractivity contribution in [3.63, 3.8) is 0 Å². The highest BCUT2D eigenvalue weighted by Crippen LogP contribution is 2.31. The van der Waals surface area contributed by atoms with Crippen molar-refractivity contribution in [2.75, 3.05) is 6.54 Å². The second-order valence-corrected chi connectivity index (χ2v) is 6.33. The maximum atomic E-state index is 12.7. The average molecular weight is 338 g/mol. The third-order valence-corrected chi connectivity index (χ3v) is 4.80. The van der Waals surface area contributed by atoms with E-state index in [9.17, 15) is 14.7 Å². The second kappa shape index (κ2) is 5.81. The number of benzene rings is 1. The molecule has 0 fully saturated rings. The molecule has 1 aliphatic heterocycles. The average Bonchev–Trinajstić information content (AvgIpc) is 3.16. The topological polar surface area (TPSA) is 75.7 Å². The van der Waals surface area contributed by atoms with E-state index in [1.54, 1.807) is 11.0 Å². The normalized spacial score (nSPS) is 13.9. The Kier molecular flexibility index (Phi) is 3.60. The molecule has 6 nitrogen and oxygen atoms in total. The molecular formula is C19H18N2O4. The van der Waals surface area contributed by atoms with Crippen LogP contribution in [0, 0.1) is 6.92 Å². The maximum absolute atomic E-state index is 12.7. The molecule has 0 unspecified atom stereocenters. The summed E-state index contributed by atoms with van der Waals surface area (Å²) in [5, 5.41) is 10.3. The Morgan fingerprint density at radius 1 is 1.24 bits per heavy atom. The van der Waals surface area contributed by atoms with Gasteiger partial charge in [0.2, 0.25) is 0 Å². The lowest BCUT2D eigenvalue weighted by atomic mass is 10.0. The molecule has 4 rings (SSSR count). The molecule has 1 amide bonds. The van der Waals surface area contributed by atoms with Crippen LogP contribution in [0.5, 0.6) is 0 Å². The number of carbonyl (C=O) groups excluding carboxylic acids is 1. The van der Waals surface area contributed by atoms with Gasteiger partial charge in [0.15, 0.2) is 5.76 Å². The summed E-state index contributed by atoms with van der Waals surface area (Å²) in [6.45, 7) is 2.79. The van der Waals surface area contributed by atoms with Gasteiger partial charge in [-0.3, -0.25) is 9.59 Å². The lowest BCUT2D eigenvalue weighted by molar-refractivity contribution is -0.137. The number of aryl methyl sites for hydroxylation is 1. The van der Waals surface area contributed by atoms with Gasteiger partial charge < -0.3 is 19.0 Å². The van der Waals surface area contributed by atoms with Gasteiger partial charge >= 0.3 is 5.97 Å². The van der Waals surface area contributed by atoms with E-state index in [0.717, 1.165) is 27.7 Å². The highest BCUT2D eigenvalue weighted by molar-refractivity contribution is 5.94. The number of furan rings is 1. The highest BCUT2D eigenvalue weighted by atomic mass is 16.4. The van der Waals surface area contributed by atoms with Crippen molar-refractivity contribution in [2.45, 2.75) is 26.4 Å². The van der Waals surface area contributed by atoms with Crippen LogP contribution in [0.2, 0.25) is 0 Å². The van der Waals surface area contributed by atoms with Crippen molar-refractivity contribution < 1.29 is 19.1 Å². The fraction of sp³-hybridized carbons (Fsp3) is 0.263. The van der Waals surface area contributed by atoms with Crippen LogP contribution in [0.1, 0.15) is 27.4 Å². The molecule has 0 bridgehead atoms. The van der Waals surface area contributed by atoms with Gasteiger partial charge in [0.1, 0.15) is 6.54 Å². The zero-order valence-corrected chi connectivity index (χ0v) is 13.9. The molecule has 0 spiro atoms. The summed E-state index contributed by atoms with van der Waals surface area (Å²) in [7, 11) is 0. The Balaban J connectivity index is 1.75. The molecule has 3 aromatic rings. The number of aromatic nitrogens is 1. The highest BCUT2D eigenvalue weighted by Gasteiger charge is 2.29. The second-order valence-electron chi connectivity index (χ2n) is 6.33. The van der Waals surface area contributed by atoms with Crippen molar-refractivity contribution in [1.29, 1.82) is 0 Å². The summed E-state index contributed by atoms with van der Waals surface area (Å²) < 4.78 is 7.19. The van der Waals surface area contributed by atoms with Crippen molar-refractivity contribution >= 4 is 22.8 Å². The fourth-order valence-corrected chi connectivity index (χ4v) is 3.63. The van der Waals surface area contributed by atoms with E-state index in [-0.39, 0.29) is 12.5 Å². The Bertz CT molecular complexity index is 983. The quantitative estimate of drug-likeness (QED) is 0.797. The molecule has 128 valence electrons. The number of rotatable bonds is 3. The van der Waals surface area contributed by atoms with Gasteiger partial charge in [-0.15, -0.1) is 0 Å². The summed E-state index contributed by atoms with van der Waals surface area (Å²) >= 11 is 0. The van der Waals surface area contributed by atoms with Crippen LogP contribution in [-0.2, 0) is 24.3 Å². The fourth-order valence-electron chi connectivity index (χ4n) is 3.63. The number of aliphatic carboxylic acids is 1. The van der Waals surface area contributed by atoms with Gasteiger partial charge in [-0.2, -0.15) is 0 Å². The van der Waals surface area contributed by atoms with Crippen molar-refractivity contribution in [3.8, 4) is 0 Å². The molecule has 1 aliphatic rings. The minimum Gasteiger partial charge on any atom is -0.480 e. The number of hydrogen-bond acceptors (Lipinski definition) is 3. The summed E-state index contributed by atoms with van der Waals surface area (Å²) in [6.07, 6.45) is 2.15. The van der Waals surface area contributed by atoms with Gasteiger partial charge in [-0.05, 0) is 19.1 Å². The van der Waals surface area contributed by atoms with E-state index in [0.29, 0.717) is 25.3 Å². The van der Waals surface area contributed by atoms with Crippen LogP contribution in [0.15, 0.2) is 41.0 Å². The van der Waals surface area contributed by atoms with Crippen LogP contribution >= 0.6 is 0 Å². The van der Waals surface area contributed by atoms with E-state index in [1.165, 1.54) is 6.26 Å². The Morgan fingerprint density at radius 2 is 2.04 bits per heavy atom. The number of nitrogens with zero attached hydrogens (tertiary/aromatic N) is 2. The third kappa shape index (κ3) is 2.50. The monoisotopic (exact) mass is 338 g/mol. The minimum atomic E-state index is -0.867. The molecule has 3 heterocycles. The molecule has 2 aromatic heterocycles. The van der Waals surface area contributed by atoms with Gasteiger partial charge in [0.05, 0.1) is 6.26 Å². The zero-order valence-electron chi connectivity index (χ0n) is 13.9. The zero-order chi connectivity index (χ0) is 17.6. The number of carbonyl (C=O) groups is 2. The van der Waals surface area contributed by atoms with E-state index < -0.39 is 5.97 Å². The van der Waals surface area contributed by atoms with E-state index in [4.69, 9.17) is 4.42 Å². The van der Waals surface area contributed by atoms with Crippen molar-refractivity contribution in [1.82, 2.24) is 9.47 Å². The lowest BCUT2D eigenvalue weighted by Gasteiger charge is -2.27. The Labute approximate surface area is 144 Å². The molecule has 1 N–H and O–H groups in total. The van der Waals surface area contributed by atoms with Gasteiger partial charge in [-0.1, -0.05) is 18.2 Å². The first-order valence-corrected chi connectivity index (χ1v) is 8.20. The van der Waals surface area contributed by atoms with Crippen LogP contribution in [0.25, 0.3) is 10.9 Å². The number of hydrogen-bond donors (Lipinski definition) is 1. The maximum Gasteiger partial charge on any atom is 0.323 e. The Hall–Kier alpha value is -3.02. The summed E-state index contributed by atoms with van der Waals surface area (Å²) in [4.78, 5) is 25.8. The van der Waals surface area contributed by atoms with E-state index >= 15 is 0 Å². The van der Waals surface area contributed by atoms with Crippen LogP contribution in [-0.4, -0.2) is 33.0 Å². The number of carboxylic acids is 1. The molecule has 0 atom stereocenters. The summed E-state index contributed by atoms with van der Waals surface area (Å²) in [5.41, 5.74) is 3.76. The molecule has 0 saturated carbocycles. The standard InChI is InChI=1S/C19H18N2O4/c1-12-7-9-25-18(12)19(24)20-8-6-16-14(10-20)13-4-2-3-5-15(13)21(16)11-17(22)23/h2-5,7,9H,6,8,10-11H2,1H3,(H,22,23). The van der Waals surface area contributed by atoms with Gasteiger partial charge in [-0.25, -0.2) is 0 Å². The first-order valence-electron chi connectivity index (χ1n) is 8.20. The molecule has 0 aliphatic carbocycles. The van der Waals surface area contributed by atoms with Crippen molar-refractivity contribution in [3.05, 3.63) is 59.2 Å². The summed E-state index contributed by atoms with van der Waals surface area (Å²) in [6, 6.07) is 9.53. The minimum absolute atomic E-state index is 0.0684. The molecule has 0 saturated heterocycles. The molecule has 25 heavy (non-hydrogen) atoms. The van der Waals surface area contributed by atoms with Crippen LogP contribution in [0.3, 0.4) is 0 Å². The van der Waals surface area contributed by atoms with E-state index in [1.807, 2.05) is 35.8 Å². The molecular weight excluding hydrogens is 320 g/mol.